The predicted octanol–water partition coefficient (Wildman–Crippen LogP) is 8.49. The molecule has 3 aliphatic carbocycles. The number of aromatic carboxylic acids is 2. The molecule has 0 bridgehead atoms. The molecule has 390 valence electrons. The number of aromatic hydroxyl groups is 1. The average molecular weight is 1050 g/mol. The molecule has 5 N–H and O–H groups in total. The summed E-state index contributed by atoms with van der Waals surface area (Å²) in [5.41, 5.74) is 3.59. The van der Waals surface area contributed by atoms with Gasteiger partial charge in [0.25, 0.3) is 11.8 Å². The summed E-state index contributed by atoms with van der Waals surface area (Å²) in [4.78, 5) is 110. The summed E-state index contributed by atoms with van der Waals surface area (Å²) in [7, 11) is 3.81. The van der Waals surface area contributed by atoms with Crippen LogP contribution in [0.4, 0.5) is 5.69 Å². The SMILES string of the molecule is CCN=c1ccc2c(-c3ccc(C(=O)NCc4ccc(C(=O)NCc5c(O)ccc6c(-c7ccc(C(=O)OC8C(=O)CCC8=O)cc7C(=O)O)c7ccc(=O)cc-7oc56)cc4)cc3C(=O)O)c3ccc(N(C)C)cc3oc-2c1. The Hall–Kier alpha value is -10.2. The number of carbonyl (C=O) groups excluding carboxylic acids is 5. The Morgan fingerprint density at radius 1 is 0.628 bits per heavy atom. The number of hydrogen-bond donors (Lipinski definition) is 5. The number of amides is 2. The first kappa shape index (κ1) is 51.3. The van der Waals surface area contributed by atoms with E-state index in [0.29, 0.717) is 56.4 Å². The fourth-order valence-corrected chi connectivity index (χ4v) is 9.63. The molecule has 5 aromatic carbocycles. The Balaban J connectivity index is 0.875. The number of phenolic OH excluding ortho intramolecular Hbond substituents is 1. The zero-order chi connectivity index (χ0) is 55.1. The third-order valence-corrected chi connectivity index (χ3v) is 13.5. The number of Topliss-reactive ketones (excluding diaryl/α,β-unsaturated/α-hetero) is 2. The van der Waals surface area contributed by atoms with Crippen LogP contribution in [0.1, 0.15) is 82.7 Å². The van der Waals surface area contributed by atoms with Crippen molar-refractivity contribution in [2.24, 2.45) is 4.99 Å². The minimum atomic E-state index is -1.58. The van der Waals surface area contributed by atoms with Crippen LogP contribution in [-0.4, -0.2) is 83.4 Å². The van der Waals surface area contributed by atoms with Crippen molar-refractivity contribution in [3.8, 4) is 50.7 Å². The molecule has 18 nitrogen and oxygen atoms in total. The number of carboxylic acids is 2. The van der Waals surface area contributed by atoms with Crippen molar-refractivity contribution in [2.45, 2.75) is 39.0 Å². The van der Waals surface area contributed by atoms with Gasteiger partial charge in [0.1, 0.15) is 28.4 Å². The van der Waals surface area contributed by atoms with Crippen molar-refractivity contribution >= 4 is 68.9 Å². The molecular weight excluding hydrogens is 1000 g/mol. The second kappa shape index (κ2) is 20.8. The number of hydrogen-bond acceptors (Lipinski definition) is 14. The lowest BCUT2D eigenvalue weighted by Gasteiger charge is -2.19. The van der Waals surface area contributed by atoms with Crippen molar-refractivity contribution in [3.05, 3.63) is 182 Å². The molecule has 2 heterocycles. The molecule has 1 fully saturated rings. The summed E-state index contributed by atoms with van der Waals surface area (Å²) in [6.07, 6.45) is -1.72. The molecule has 0 atom stereocenters. The Labute approximate surface area is 442 Å². The number of ether oxygens (including phenoxy) is 1. The number of fused-ring (bicyclic) bond motifs is 4. The molecule has 18 heteroatoms. The second-order valence-corrected chi connectivity index (χ2v) is 18.7. The number of rotatable bonds is 14. The number of carboxylic acid groups (broad SMARTS) is 2. The van der Waals surface area contributed by atoms with Gasteiger partial charge in [-0.2, -0.15) is 0 Å². The van der Waals surface area contributed by atoms with E-state index in [1.54, 1.807) is 24.3 Å². The Bertz CT molecular complexity index is 4060. The maximum Gasteiger partial charge on any atom is 0.339 e. The van der Waals surface area contributed by atoms with E-state index in [1.165, 1.54) is 60.7 Å². The quantitative estimate of drug-likeness (QED) is 0.0388. The van der Waals surface area contributed by atoms with Crippen LogP contribution in [0.3, 0.4) is 0 Å². The molecule has 0 radical (unpaired) electrons. The highest BCUT2D eigenvalue weighted by atomic mass is 16.6. The van der Waals surface area contributed by atoms with Crippen LogP contribution >= 0.6 is 0 Å². The summed E-state index contributed by atoms with van der Waals surface area (Å²) in [5.74, 6) is -5.74. The predicted molar refractivity (Wildman–Crippen MR) is 286 cm³/mol. The van der Waals surface area contributed by atoms with Gasteiger partial charge >= 0.3 is 17.9 Å². The van der Waals surface area contributed by atoms with Gasteiger partial charge in [0, 0.05) is 108 Å². The van der Waals surface area contributed by atoms with E-state index >= 15 is 0 Å². The molecule has 0 saturated heterocycles. The first-order chi connectivity index (χ1) is 37.5. The van der Waals surface area contributed by atoms with E-state index in [-0.39, 0.29) is 92.9 Å². The smallest absolute Gasteiger partial charge is 0.339 e. The lowest BCUT2D eigenvalue weighted by molar-refractivity contribution is -0.133. The van der Waals surface area contributed by atoms with Crippen molar-refractivity contribution in [1.82, 2.24) is 10.6 Å². The topological polar surface area (TPSA) is 272 Å². The summed E-state index contributed by atoms with van der Waals surface area (Å²) in [6, 6.07) is 32.4. The third kappa shape index (κ3) is 9.80. The first-order valence-electron chi connectivity index (χ1n) is 24.5. The third-order valence-electron chi connectivity index (χ3n) is 13.5. The fraction of sp³-hybridized carbons (Fsp3) is 0.150. The van der Waals surface area contributed by atoms with Gasteiger partial charge in [-0.1, -0.05) is 24.3 Å². The molecule has 2 aliphatic heterocycles. The summed E-state index contributed by atoms with van der Waals surface area (Å²) >= 11 is 0. The van der Waals surface area contributed by atoms with Crippen LogP contribution < -0.4 is 26.3 Å². The zero-order valence-electron chi connectivity index (χ0n) is 42.0. The summed E-state index contributed by atoms with van der Waals surface area (Å²) < 4.78 is 17.8. The molecule has 0 unspecified atom stereocenters. The molecular formula is C60H46N4O14. The Morgan fingerprint density at radius 2 is 1.21 bits per heavy atom. The van der Waals surface area contributed by atoms with Gasteiger partial charge in [-0.25, -0.2) is 14.4 Å². The van der Waals surface area contributed by atoms with Crippen LogP contribution in [0.5, 0.6) is 5.75 Å². The molecule has 78 heavy (non-hydrogen) atoms. The summed E-state index contributed by atoms with van der Waals surface area (Å²) in [5, 5.41) is 39.4. The average Bonchev–Trinajstić information content (AvgIpc) is 3.87. The highest BCUT2D eigenvalue weighted by molar-refractivity contribution is 6.14. The van der Waals surface area contributed by atoms with Gasteiger partial charge in [0.15, 0.2) is 17.0 Å². The normalized spacial score (nSPS) is 12.9. The lowest BCUT2D eigenvalue weighted by Crippen LogP contribution is -2.28. The van der Waals surface area contributed by atoms with E-state index in [0.717, 1.165) is 11.8 Å². The molecule has 0 aromatic heterocycles. The van der Waals surface area contributed by atoms with Crippen LogP contribution in [0, 0.1) is 0 Å². The van der Waals surface area contributed by atoms with Crippen LogP contribution in [0.25, 0.3) is 66.8 Å². The van der Waals surface area contributed by atoms with E-state index in [4.69, 9.17) is 13.6 Å². The van der Waals surface area contributed by atoms with E-state index in [2.05, 4.69) is 15.6 Å². The van der Waals surface area contributed by atoms with Crippen LogP contribution in [-0.2, 0) is 27.4 Å². The highest BCUT2D eigenvalue weighted by Gasteiger charge is 2.37. The fourth-order valence-electron chi connectivity index (χ4n) is 9.63. The van der Waals surface area contributed by atoms with Gasteiger partial charge in [-0.15, -0.1) is 0 Å². The van der Waals surface area contributed by atoms with Crippen molar-refractivity contribution in [2.75, 3.05) is 25.5 Å². The zero-order valence-corrected chi connectivity index (χ0v) is 42.0. The number of phenols is 1. The molecule has 10 rings (SSSR count). The molecule has 0 spiro atoms. The van der Waals surface area contributed by atoms with Gasteiger partial charge in [0.2, 0.25) is 6.10 Å². The molecule has 5 aromatic rings. The monoisotopic (exact) mass is 1050 g/mol. The number of benzene rings is 7. The standard InChI is InChI=1S/C60H46N4O14/c1-4-61-34-11-16-39-49(25-34)76-50-26-35(64(2)3)12-17-40(50)52(39)37-14-9-32(23-43(37)58(71)72)57(70)62-28-30-5-7-31(8-6-30)56(69)63-29-45-46(66)20-19-42-53(41-18-13-36(65)27-51(41)77-54(42)45)38-15-10-33(24-44(38)59(73)74)60(75)78-55-47(67)21-22-48(55)68/h5-20,23-27,55,66H,4,21-22,28-29H2,1-3H3,(H,62,70)(H,63,69)(H,71,72)(H,73,74). The van der Waals surface area contributed by atoms with Gasteiger partial charge in [0.05, 0.1) is 34.2 Å². The van der Waals surface area contributed by atoms with Crippen molar-refractivity contribution in [1.29, 1.82) is 0 Å². The van der Waals surface area contributed by atoms with Crippen LogP contribution in [0.2, 0.25) is 0 Å². The minimum Gasteiger partial charge on any atom is -0.507 e. The van der Waals surface area contributed by atoms with E-state index in [9.17, 15) is 53.7 Å². The van der Waals surface area contributed by atoms with Crippen molar-refractivity contribution < 1.29 is 62.5 Å². The maximum atomic E-state index is 13.6. The number of nitrogens with one attached hydrogen (secondary N) is 2. The van der Waals surface area contributed by atoms with Gasteiger partial charge in [-0.3, -0.25) is 29.0 Å². The molecule has 1 saturated carbocycles. The van der Waals surface area contributed by atoms with Crippen LogP contribution in [0.15, 0.2) is 146 Å². The number of ketones is 2. The minimum absolute atomic E-state index is 0.00645. The van der Waals surface area contributed by atoms with Gasteiger partial charge < -0.3 is 44.4 Å². The molecule has 5 aliphatic rings. The lowest BCUT2D eigenvalue weighted by atomic mass is 9.89. The second-order valence-electron chi connectivity index (χ2n) is 18.7. The number of esters is 1. The number of anilines is 1. The number of carbonyl (C=O) groups is 7. The molecule has 2 amide bonds. The highest BCUT2D eigenvalue weighted by Crippen LogP contribution is 2.45. The summed E-state index contributed by atoms with van der Waals surface area (Å²) in [6.45, 7) is 2.20. The largest absolute Gasteiger partial charge is 0.507 e. The van der Waals surface area contributed by atoms with Crippen molar-refractivity contribution in [3.63, 3.8) is 0 Å². The number of nitrogens with zero attached hydrogens (tertiary/aromatic N) is 2. The van der Waals surface area contributed by atoms with E-state index in [1.807, 2.05) is 62.3 Å². The maximum absolute atomic E-state index is 13.6. The van der Waals surface area contributed by atoms with Gasteiger partial charge in [-0.05, 0) is 109 Å². The first-order valence-corrected chi connectivity index (χ1v) is 24.5. The Morgan fingerprint density at radius 3 is 1.87 bits per heavy atom. The van der Waals surface area contributed by atoms with E-state index < -0.39 is 52.8 Å². The Kier molecular flexibility index (Phi) is 13.7.